The minimum Gasteiger partial charge on any atom is -0.493 e. The lowest BCUT2D eigenvalue weighted by Gasteiger charge is -2.38. The molecular formula is C23H20N2O6. The fourth-order valence-electron chi connectivity index (χ4n) is 4.20. The van der Waals surface area contributed by atoms with E-state index in [1.165, 1.54) is 14.2 Å². The minimum absolute atomic E-state index is 0.0216. The van der Waals surface area contributed by atoms with Gasteiger partial charge in [-0.15, -0.1) is 0 Å². The van der Waals surface area contributed by atoms with Crippen LogP contribution in [0.5, 0.6) is 17.2 Å². The largest absolute Gasteiger partial charge is 0.493 e. The number of hydrogen-bond donors (Lipinski definition) is 1. The second-order valence-corrected chi connectivity index (χ2v) is 7.20. The van der Waals surface area contributed by atoms with Crippen molar-refractivity contribution in [1.29, 1.82) is 0 Å². The number of hydrogen-bond acceptors (Lipinski definition) is 7. The number of fused-ring (bicyclic) bond motifs is 3. The number of benzene rings is 2. The number of carbonyl (C=O) groups is 1. The Bertz CT molecular complexity index is 1170. The Kier molecular flexibility index (Phi) is 4.54. The first kappa shape index (κ1) is 19.0. The summed E-state index contributed by atoms with van der Waals surface area (Å²) in [6, 6.07) is 14.6. The maximum absolute atomic E-state index is 12.2. The van der Waals surface area contributed by atoms with E-state index in [1.54, 1.807) is 23.4 Å². The molecule has 2 aliphatic heterocycles. The van der Waals surface area contributed by atoms with E-state index < -0.39 is 12.2 Å². The van der Waals surface area contributed by atoms with Crippen molar-refractivity contribution in [2.75, 3.05) is 14.2 Å². The van der Waals surface area contributed by atoms with Crippen molar-refractivity contribution in [3.8, 4) is 17.2 Å². The van der Waals surface area contributed by atoms with Gasteiger partial charge in [-0.2, -0.15) is 5.10 Å². The Balaban J connectivity index is 1.68. The average Bonchev–Trinajstić information content (AvgIpc) is 3.47. The number of furan rings is 1. The lowest BCUT2D eigenvalue weighted by Crippen LogP contribution is -2.34. The van der Waals surface area contributed by atoms with Crippen LogP contribution in [0.2, 0.25) is 0 Å². The molecule has 31 heavy (non-hydrogen) atoms. The Morgan fingerprint density at radius 3 is 2.65 bits per heavy atom. The summed E-state index contributed by atoms with van der Waals surface area (Å²) in [4.78, 5) is 12.2. The zero-order valence-electron chi connectivity index (χ0n) is 16.9. The van der Waals surface area contributed by atoms with Gasteiger partial charge in [0.15, 0.2) is 11.5 Å². The van der Waals surface area contributed by atoms with E-state index in [9.17, 15) is 9.90 Å². The second-order valence-electron chi connectivity index (χ2n) is 7.20. The smallest absolute Gasteiger partial charge is 0.340 e. The van der Waals surface area contributed by atoms with Gasteiger partial charge >= 0.3 is 5.97 Å². The number of ether oxygens (including phenoxy) is 3. The number of aromatic carboxylic acids is 1. The molecular weight excluding hydrogens is 400 g/mol. The van der Waals surface area contributed by atoms with Gasteiger partial charge in [-0.05, 0) is 30.3 Å². The van der Waals surface area contributed by atoms with Crippen LogP contribution in [0.3, 0.4) is 0 Å². The first-order valence-electron chi connectivity index (χ1n) is 9.75. The minimum atomic E-state index is -1.14. The number of nitrogens with zero attached hydrogens (tertiary/aromatic N) is 2. The molecule has 2 atom stereocenters. The molecule has 0 aliphatic carbocycles. The number of para-hydroxylation sites is 1. The Labute approximate surface area is 178 Å². The van der Waals surface area contributed by atoms with E-state index in [0.29, 0.717) is 29.2 Å². The van der Waals surface area contributed by atoms with E-state index in [1.807, 2.05) is 36.4 Å². The second kappa shape index (κ2) is 7.39. The lowest BCUT2D eigenvalue weighted by molar-refractivity contribution is -0.0199. The summed E-state index contributed by atoms with van der Waals surface area (Å²) in [5, 5.41) is 16.6. The van der Waals surface area contributed by atoms with Crippen LogP contribution in [-0.2, 0) is 0 Å². The highest BCUT2D eigenvalue weighted by Gasteiger charge is 2.43. The maximum atomic E-state index is 12.2. The standard InChI is InChI=1S/C23H20N2O6/c1-28-19-10-9-14(20(23(26)27)21(19)29-2)22-25-16(13-6-3-4-7-17(13)31-22)12-15(24-25)18-8-5-11-30-18/h3-11,16,22H,12H2,1-2H3,(H,26,27)/t16-,22+/m1/s1. The molecule has 0 spiro atoms. The first-order valence-corrected chi connectivity index (χ1v) is 9.75. The number of carboxylic acids is 1. The maximum Gasteiger partial charge on any atom is 0.340 e. The Hall–Kier alpha value is -3.94. The van der Waals surface area contributed by atoms with Crippen molar-refractivity contribution in [2.24, 2.45) is 5.10 Å². The van der Waals surface area contributed by atoms with Crippen LogP contribution in [0.1, 0.15) is 45.9 Å². The average molecular weight is 420 g/mol. The van der Waals surface area contributed by atoms with Crippen molar-refractivity contribution in [3.63, 3.8) is 0 Å². The summed E-state index contributed by atoms with van der Waals surface area (Å²) in [6.07, 6.45) is 1.45. The van der Waals surface area contributed by atoms with Crippen LogP contribution < -0.4 is 14.2 Å². The number of hydrazone groups is 1. The van der Waals surface area contributed by atoms with Crippen LogP contribution in [0.15, 0.2) is 64.3 Å². The molecule has 158 valence electrons. The van der Waals surface area contributed by atoms with Crippen LogP contribution in [0, 0.1) is 0 Å². The first-order chi connectivity index (χ1) is 15.1. The molecule has 0 unspecified atom stereocenters. The summed E-state index contributed by atoms with van der Waals surface area (Å²) < 4.78 is 22.5. The van der Waals surface area contributed by atoms with Crippen molar-refractivity contribution in [2.45, 2.75) is 18.7 Å². The van der Waals surface area contributed by atoms with E-state index in [-0.39, 0.29) is 17.4 Å². The number of methoxy groups -OCH3 is 2. The molecule has 8 nitrogen and oxygen atoms in total. The zero-order chi connectivity index (χ0) is 21.5. The molecule has 0 bridgehead atoms. The summed E-state index contributed by atoms with van der Waals surface area (Å²) in [7, 11) is 2.88. The monoisotopic (exact) mass is 420 g/mol. The van der Waals surface area contributed by atoms with Gasteiger partial charge < -0.3 is 23.7 Å². The Morgan fingerprint density at radius 1 is 1.10 bits per heavy atom. The van der Waals surface area contributed by atoms with Crippen molar-refractivity contribution >= 4 is 11.7 Å². The van der Waals surface area contributed by atoms with Gasteiger partial charge in [-0.3, -0.25) is 0 Å². The molecule has 8 heteroatoms. The lowest BCUT2D eigenvalue weighted by atomic mass is 9.96. The van der Waals surface area contributed by atoms with Crippen LogP contribution in [0.4, 0.5) is 0 Å². The molecule has 0 saturated carbocycles. The molecule has 3 aromatic rings. The summed E-state index contributed by atoms with van der Waals surface area (Å²) >= 11 is 0. The van der Waals surface area contributed by atoms with Gasteiger partial charge in [0.2, 0.25) is 6.23 Å². The van der Waals surface area contributed by atoms with Crippen molar-refractivity contribution in [3.05, 3.63) is 77.2 Å². The molecule has 5 rings (SSSR count). The number of carboxylic acid groups (broad SMARTS) is 1. The molecule has 3 heterocycles. The van der Waals surface area contributed by atoms with Crippen molar-refractivity contribution < 1.29 is 28.5 Å². The predicted octanol–water partition coefficient (Wildman–Crippen LogP) is 4.24. The van der Waals surface area contributed by atoms with E-state index in [0.717, 1.165) is 11.3 Å². The summed E-state index contributed by atoms with van der Waals surface area (Å²) in [5.74, 6) is 0.699. The normalized spacial score (nSPS) is 19.2. The zero-order valence-corrected chi connectivity index (χ0v) is 16.9. The third-order valence-corrected chi connectivity index (χ3v) is 5.56. The van der Waals surface area contributed by atoms with Gasteiger partial charge in [-0.25, -0.2) is 9.80 Å². The molecule has 1 N–H and O–H groups in total. The fourth-order valence-corrected chi connectivity index (χ4v) is 4.20. The molecule has 2 aliphatic rings. The predicted molar refractivity (Wildman–Crippen MR) is 111 cm³/mol. The van der Waals surface area contributed by atoms with E-state index in [4.69, 9.17) is 23.7 Å². The van der Waals surface area contributed by atoms with Crippen LogP contribution in [-0.4, -0.2) is 36.0 Å². The highest BCUT2D eigenvalue weighted by molar-refractivity contribution is 5.99. The SMILES string of the molecule is COc1ccc([C@@H]2Oc3ccccc3[C@H]3CC(c4ccco4)=NN32)c(C(=O)O)c1OC. The molecule has 0 radical (unpaired) electrons. The van der Waals surface area contributed by atoms with Gasteiger partial charge in [0.1, 0.15) is 22.8 Å². The van der Waals surface area contributed by atoms with Crippen LogP contribution >= 0.6 is 0 Å². The van der Waals surface area contributed by atoms with Crippen molar-refractivity contribution in [1.82, 2.24) is 5.01 Å². The van der Waals surface area contributed by atoms with Crippen LogP contribution in [0.25, 0.3) is 0 Å². The third-order valence-electron chi connectivity index (χ3n) is 5.56. The molecule has 2 aromatic carbocycles. The van der Waals surface area contributed by atoms with E-state index in [2.05, 4.69) is 0 Å². The summed E-state index contributed by atoms with van der Waals surface area (Å²) in [5.41, 5.74) is 2.17. The topological polar surface area (TPSA) is 93.7 Å². The third kappa shape index (κ3) is 2.99. The Morgan fingerprint density at radius 2 is 1.94 bits per heavy atom. The molecule has 0 saturated heterocycles. The summed E-state index contributed by atoms with van der Waals surface area (Å²) in [6.45, 7) is 0. The van der Waals surface area contributed by atoms with Gasteiger partial charge in [0.25, 0.3) is 0 Å². The fraction of sp³-hybridized carbons (Fsp3) is 0.217. The molecule has 0 amide bonds. The highest BCUT2D eigenvalue weighted by Crippen LogP contribution is 2.49. The van der Waals surface area contributed by atoms with Gasteiger partial charge in [0, 0.05) is 17.5 Å². The van der Waals surface area contributed by atoms with Gasteiger partial charge in [-0.1, -0.05) is 18.2 Å². The molecule has 0 fully saturated rings. The number of rotatable bonds is 5. The highest BCUT2D eigenvalue weighted by atomic mass is 16.5. The van der Waals surface area contributed by atoms with Gasteiger partial charge in [0.05, 0.1) is 26.5 Å². The quantitative estimate of drug-likeness (QED) is 0.660. The molecule has 1 aromatic heterocycles. The van der Waals surface area contributed by atoms with E-state index >= 15 is 0 Å².